The summed E-state index contributed by atoms with van der Waals surface area (Å²) in [5, 5.41) is 3.33. The molecule has 1 N–H and O–H groups in total. The third kappa shape index (κ3) is 5.50. The van der Waals surface area contributed by atoms with Gasteiger partial charge in [-0.2, -0.15) is 0 Å². The zero-order valence-electron chi connectivity index (χ0n) is 10.3. The molecule has 1 aromatic carbocycles. The van der Waals surface area contributed by atoms with Gasteiger partial charge in [0.15, 0.2) is 0 Å². The van der Waals surface area contributed by atoms with Crippen LogP contribution in [0.25, 0.3) is 0 Å². The minimum atomic E-state index is -0.524. The number of thioether (sulfide) groups is 1. The molecule has 0 saturated carbocycles. The lowest BCUT2D eigenvalue weighted by atomic mass is 10.2. The maximum absolute atomic E-state index is 13.3. The van der Waals surface area contributed by atoms with Gasteiger partial charge in [0.2, 0.25) is 0 Å². The Bertz CT molecular complexity index is 344. The summed E-state index contributed by atoms with van der Waals surface area (Å²) < 4.78 is 26.0. The number of nitrogens with one attached hydrogen (secondary N) is 1. The van der Waals surface area contributed by atoms with Crippen LogP contribution in [0.4, 0.5) is 8.78 Å². The molecule has 0 aliphatic heterocycles. The van der Waals surface area contributed by atoms with Crippen LogP contribution >= 0.6 is 11.8 Å². The van der Waals surface area contributed by atoms with E-state index in [2.05, 4.69) is 19.2 Å². The van der Waals surface area contributed by atoms with Crippen molar-refractivity contribution in [3.8, 4) is 0 Å². The SMILES string of the molecule is CCCNCC(C)CSc1ccc(F)cc1F. The molecule has 0 spiro atoms. The summed E-state index contributed by atoms with van der Waals surface area (Å²) in [5.41, 5.74) is 0. The van der Waals surface area contributed by atoms with Crippen molar-refractivity contribution in [2.75, 3.05) is 18.8 Å². The fraction of sp³-hybridized carbons (Fsp3) is 0.538. The van der Waals surface area contributed by atoms with Crippen LogP contribution in [0.15, 0.2) is 23.1 Å². The van der Waals surface area contributed by atoms with Crippen LogP contribution < -0.4 is 5.32 Å². The molecule has 0 aromatic heterocycles. The van der Waals surface area contributed by atoms with Gasteiger partial charge in [0, 0.05) is 16.7 Å². The van der Waals surface area contributed by atoms with Gasteiger partial charge in [-0.25, -0.2) is 8.78 Å². The maximum atomic E-state index is 13.3. The summed E-state index contributed by atoms with van der Waals surface area (Å²) in [5.74, 6) is 0.309. The molecule has 0 radical (unpaired) electrons. The van der Waals surface area contributed by atoms with E-state index in [1.54, 1.807) is 0 Å². The first-order chi connectivity index (χ1) is 8.13. The predicted molar refractivity (Wildman–Crippen MR) is 69.4 cm³/mol. The highest BCUT2D eigenvalue weighted by atomic mass is 32.2. The molecule has 1 aromatic rings. The second-order valence-electron chi connectivity index (χ2n) is 4.20. The number of halogens is 2. The van der Waals surface area contributed by atoms with Gasteiger partial charge >= 0.3 is 0 Å². The van der Waals surface area contributed by atoms with Crippen molar-refractivity contribution >= 4 is 11.8 Å². The summed E-state index contributed by atoms with van der Waals surface area (Å²) in [7, 11) is 0. The largest absolute Gasteiger partial charge is 0.316 e. The second kappa shape index (κ2) is 7.67. The van der Waals surface area contributed by atoms with Gasteiger partial charge in [-0.15, -0.1) is 11.8 Å². The Balaban J connectivity index is 2.34. The standard InChI is InChI=1S/C13H19F2NS/c1-3-6-16-8-10(2)9-17-13-5-4-11(14)7-12(13)15/h4-5,7,10,16H,3,6,8-9H2,1-2H3. The topological polar surface area (TPSA) is 12.0 Å². The van der Waals surface area contributed by atoms with Crippen LogP contribution in [0.1, 0.15) is 20.3 Å². The fourth-order valence-corrected chi connectivity index (χ4v) is 2.35. The van der Waals surface area contributed by atoms with Gasteiger partial charge in [0.25, 0.3) is 0 Å². The van der Waals surface area contributed by atoms with Crippen molar-refractivity contribution in [3.05, 3.63) is 29.8 Å². The number of rotatable bonds is 7. The van der Waals surface area contributed by atoms with Gasteiger partial charge in [-0.1, -0.05) is 13.8 Å². The molecule has 0 aliphatic rings. The van der Waals surface area contributed by atoms with E-state index >= 15 is 0 Å². The monoisotopic (exact) mass is 259 g/mol. The van der Waals surface area contributed by atoms with E-state index in [1.165, 1.54) is 23.9 Å². The van der Waals surface area contributed by atoms with Crippen molar-refractivity contribution in [1.29, 1.82) is 0 Å². The zero-order valence-corrected chi connectivity index (χ0v) is 11.1. The maximum Gasteiger partial charge on any atom is 0.139 e. The van der Waals surface area contributed by atoms with Crippen LogP contribution in [0.5, 0.6) is 0 Å². The van der Waals surface area contributed by atoms with Crippen LogP contribution in [0, 0.1) is 17.6 Å². The minimum absolute atomic E-state index is 0.469. The lowest BCUT2D eigenvalue weighted by molar-refractivity contribution is 0.553. The van der Waals surface area contributed by atoms with Gasteiger partial charge in [-0.05, 0) is 37.6 Å². The Morgan fingerprint density at radius 2 is 2.12 bits per heavy atom. The average Bonchev–Trinajstić information content (AvgIpc) is 2.28. The van der Waals surface area contributed by atoms with Crippen molar-refractivity contribution in [3.63, 3.8) is 0 Å². The van der Waals surface area contributed by atoms with Crippen molar-refractivity contribution in [2.45, 2.75) is 25.2 Å². The molecule has 4 heteroatoms. The lowest BCUT2D eigenvalue weighted by Crippen LogP contribution is -2.23. The number of hydrogen-bond acceptors (Lipinski definition) is 2. The Kier molecular flexibility index (Phi) is 6.52. The first-order valence-corrected chi connectivity index (χ1v) is 6.90. The van der Waals surface area contributed by atoms with Gasteiger partial charge in [-0.3, -0.25) is 0 Å². The smallest absolute Gasteiger partial charge is 0.139 e. The molecular formula is C13H19F2NS. The van der Waals surface area contributed by atoms with Crippen molar-refractivity contribution < 1.29 is 8.78 Å². The predicted octanol–water partition coefficient (Wildman–Crippen LogP) is 3.69. The summed E-state index contributed by atoms with van der Waals surface area (Å²) in [6.07, 6.45) is 1.12. The van der Waals surface area contributed by atoms with Crippen molar-refractivity contribution in [2.24, 2.45) is 5.92 Å². The van der Waals surface area contributed by atoms with Gasteiger partial charge < -0.3 is 5.32 Å². The molecule has 0 heterocycles. The first kappa shape index (κ1) is 14.5. The molecule has 1 unspecified atom stereocenters. The molecule has 0 aliphatic carbocycles. The third-order valence-corrected chi connectivity index (χ3v) is 3.71. The number of hydrogen-bond donors (Lipinski definition) is 1. The molecule has 1 rings (SSSR count). The van der Waals surface area contributed by atoms with Crippen molar-refractivity contribution in [1.82, 2.24) is 5.32 Å². The molecular weight excluding hydrogens is 240 g/mol. The molecule has 0 fully saturated rings. The Labute approximate surface area is 106 Å². The Morgan fingerprint density at radius 3 is 2.76 bits per heavy atom. The van der Waals surface area contributed by atoms with E-state index in [0.29, 0.717) is 10.8 Å². The molecule has 1 nitrogen and oxygen atoms in total. The third-order valence-electron chi connectivity index (χ3n) is 2.34. The highest BCUT2D eigenvalue weighted by Crippen LogP contribution is 2.24. The molecule has 0 bridgehead atoms. The van der Waals surface area contributed by atoms with Crippen LogP contribution in [0.2, 0.25) is 0 Å². The Hall–Kier alpha value is -0.610. The highest BCUT2D eigenvalue weighted by molar-refractivity contribution is 7.99. The van der Waals surface area contributed by atoms with Crippen LogP contribution in [-0.2, 0) is 0 Å². The van der Waals surface area contributed by atoms with E-state index in [1.807, 2.05) is 0 Å². The Morgan fingerprint density at radius 1 is 1.35 bits per heavy atom. The van der Waals surface area contributed by atoms with Crippen LogP contribution in [0.3, 0.4) is 0 Å². The summed E-state index contributed by atoms with van der Waals surface area (Å²) in [4.78, 5) is 0.522. The quantitative estimate of drug-likeness (QED) is 0.592. The first-order valence-electron chi connectivity index (χ1n) is 5.92. The summed E-state index contributed by atoms with van der Waals surface area (Å²) in [6, 6.07) is 3.73. The zero-order chi connectivity index (χ0) is 12.7. The number of benzene rings is 1. The molecule has 17 heavy (non-hydrogen) atoms. The van der Waals surface area contributed by atoms with E-state index < -0.39 is 11.6 Å². The summed E-state index contributed by atoms with van der Waals surface area (Å²) in [6.45, 7) is 6.20. The molecule has 0 saturated heterocycles. The normalized spacial score (nSPS) is 12.7. The second-order valence-corrected chi connectivity index (χ2v) is 5.26. The average molecular weight is 259 g/mol. The van der Waals surface area contributed by atoms with Gasteiger partial charge in [0.1, 0.15) is 11.6 Å². The fourth-order valence-electron chi connectivity index (χ4n) is 1.41. The minimum Gasteiger partial charge on any atom is -0.316 e. The molecule has 1 atom stereocenters. The lowest BCUT2D eigenvalue weighted by Gasteiger charge is -2.12. The summed E-state index contributed by atoms with van der Waals surface area (Å²) >= 11 is 1.44. The van der Waals surface area contributed by atoms with E-state index in [-0.39, 0.29) is 0 Å². The van der Waals surface area contributed by atoms with Gasteiger partial charge in [0.05, 0.1) is 0 Å². The molecule has 0 amide bonds. The van der Waals surface area contributed by atoms with E-state index in [9.17, 15) is 8.78 Å². The van der Waals surface area contributed by atoms with Crippen LogP contribution in [-0.4, -0.2) is 18.8 Å². The van der Waals surface area contributed by atoms with E-state index in [4.69, 9.17) is 0 Å². The highest BCUT2D eigenvalue weighted by Gasteiger charge is 2.07. The molecule has 96 valence electrons. The van der Waals surface area contributed by atoms with E-state index in [0.717, 1.165) is 31.3 Å².